The number of pyridine rings is 1. The van der Waals surface area contributed by atoms with E-state index in [1.165, 1.54) is 28.7 Å². The van der Waals surface area contributed by atoms with E-state index in [1.54, 1.807) is 47.4 Å². The lowest BCUT2D eigenvalue weighted by atomic mass is 9.95. The number of hydrogen-bond donors (Lipinski definition) is 0. The van der Waals surface area contributed by atoms with Gasteiger partial charge in [0.2, 0.25) is 17.7 Å². The highest BCUT2D eigenvalue weighted by Crippen LogP contribution is 2.43. The molecule has 4 heterocycles. The predicted molar refractivity (Wildman–Crippen MR) is 194 cm³/mol. The Morgan fingerprint density at radius 2 is 1.83 bits per heavy atom. The van der Waals surface area contributed by atoms with E-state index in [-0.39, 0.29) is 68.7 Å². The number of halogens is 5. The summed E-state index contributed by atoms with van der Waals surface area (Å²) in [6.07, 6.45) is -6.08. The number of likely N-dealkylation sites (N-methyl/N-ethyl adjacent to an activating group) is 1. The maximum Gasteiger partial charge on any atom is 0.416 e. The average Bonchev–Trinajstić information content (AvgIpc) is 3.47. The summed E-state index contributed by atoms with van der Waals surface area (Å²) in [6, 6.07) is 13.3. The lowest BCUT2D eigenvalue weighted by Gasteiger charge is -2.42. The largest absolute Gasteiger partial charge is 0.445 e. The van der Waals surface area contributed by atoms with Gasteiger partial charge in [-0.3, -0.25) is 19.3 Å². The zero-order chi connectivity index (χ0) is 38.9. The molecule has 2 saturated heterocycles. The minimum Gasteiger partial charge on any atom is -0.445 e. The Kier molecular flexibility index (Phi) is 11.2. The van der Waals surface area contributed by atoms with Gasteiger partial charge in [0.25, 0.3) is 0 Å². The van der Waals surface area contributed by atoms with Crippen molar-refractivity contribution >= 4 is 52.6 Å². The van der Waals surface area contributed by atoms with Crippen molar-refractivity contribution in [2.24, 2.45) is 5.92 Å². The molecule has 2 fully saturated rings. The number of fused-ring (bicyclic) bond motifs is 2. The third-order valence-corrected chi connectivity index (χ3v) is 10.4. The number of likely N-dealkylation sites (tertiary alicyclic amines) is 1. The fourth-order valence-electron chi connectivity index (χ4n) is 7.46. The second-order valence-electron chi connectivity index (χ2n) is 13.6. The van der Waals surface area contributed by atoms with Crippen molar-refractivity contribution in [2.45, 2.75) is 50.8 Å². The molecule has 16 heteroatoms. The van der Waals surface area contributed by atoms with Gasteiger partial charge in [-0.1, -0.05) is 54.6 Å². The van der Waals surface area contributed by atoms with Gasteiger partial charge in [0.15, 0.2) is 0 Å². The second-order valence-corrected chi connectivity index (χ2v) is 14.0. The highest BCUT2D eigenvalue weighted by atomic mass is 35.5. The molecule has 1 aromatic heterocycles. The molecule has 0 bridgehead atoms. The number of aryl methyl sites for hydroxylation is 1. The molecule has 4 atom stereocenters. The van der Waals surface area contributed by atoms with E-state index >= 15 is 4.39 Å². The van der Waals surface area contributed by atoms with Crippen molar-refractivity contribution in [3.8, 4) is 0 Å². The first-order chi connectivity index (χ1) is 25.7. The summed E-state index contributed by atoms with van der Waals surface area (Å²) >= 11 is 6.79. The fraction of sp³-hybridized carbons (Fsp3) is 0.395. The molecule has 11 nitrogen and oxygen atoms in total. The van der Waals surface area contributed by atoms with E-state index in [2.05, 4.69) is 11.6 Å². The predicted octanol–water partition coefficient (Wildman–Crippen LogP) is 6.03. The summed E-state index contributed by atoms with van der Waals surface area (Å²) in [5, 5.41) is 0.264. The molecule has 3 aromatic rings. The number of ether oxygens (including phenoxy) is 1. The van der Waals surface area contributed by atoms with Crippen molar-refractivity contribution in [2.75, 3.05) is 54.5 Å². The van der Waals surface area contributed by atoms with Crippen molar-refractivity contribution < 1.29 is 41.5 Å². The van der Waals surface area contributed by atoms with Crippen molar-refractivity contribution in [1.82, 2.24) is 14.8 Å². The van der Waals surface area contributed by atoms with Crippen LogP contribution in [0.2, 0.25) is 5.02 Å². The van der Waals surface area contributed by atoms with E-state index in [4.69, 9.17) is 16.3 Å². The number of carbonyl (C=O) groups is 4. The number of piperidine rings is 1. The number of rotatable bonds is 8. The van der Waals surface area contributed by atoms with Crippen LogP contribution >= 0.6 is 11.6 Å². The van der Waals surface area contributed by atoms with Gasteiger partial charge in [-0.05, 0) is 49.2 Å². The highest BCUT2D eigenvalue weighted by molar-refractivity contribution is 6.34. The molecule has 0 spiro atoms. The molecule has 3 aliphatic rings. The number of nitrogens with zero attached hydrogens (tertiary/aromatic N) is 6. The van der Waals surface area contributed by atoms with Crippen LogP contribution in [0, 0.1) is 12.8 Å². The second kappa shape index (κ2) is 15.7. The van der Waals surface area contributed by atoms with Crippen LogP contribution in [0.25, 0.3) is 0 Å². The standard InChI is InChI=1S/C38H39ClF4N6O5/c1-4-32(50)46-14-13-29(28(40)21-46)48(37(53)54-22-24-9-6-5-7-10-24)16-15-47-20-25-18-33(51)49(31-19-26(38(41,42)43)17-23(2)44-31)34(25)36(52)45(3)30-12-8-11-27(39)35(30)47/h4-12,17,19,25,28-29,34H,1,13-16,18,20-22H2,2-3H3/t25-,28-,29+,34+/m1/s1. The maximum absolute atomic E-state index is 15.9. The van der Waals surface area contributed by atoms with Gasteiger partial charge in [0, 0.05) is 51.3 Å². The number of anilines is 3. The molecular formula is C38H39ClF4N6O5. The first-order valence-corrected chi connectivity index (χ1v) is 17.8. The lowest BCUT2D eigenvalue weighted by Crippen LogP contribution is -2.57. The average molecular weight is 771 g/mol. The minimum atomic E-state index is -4.72. The molecule has 2 aromatic carbocycles. The summed E-state index contributed by atoms with van der Waals surface area (Å²) < 4.78 is 63.1. The zero-order valence-corrected chi connectivity index (χ0v) is 30.4. The molecule has 0 radical (unpaired) electrons. The van der Waals surface area contributed by atoms with Crippen LogP contribution in [0.5, 0.6) is 0 Å². The third kappa shape index (κ3) is 7.86. The van der Waals surface area contributed by atoms with Crippen LogP contribution in [0.1, 0.15) is 29.7 Å². The Hall–Kier alpha value is -5.18. The number of para-hydroxylation sites is 1. The Balaban J connectivity index is 1.33. The van der Waals surface area contributed by atoms with Crippen LogP contribution in [-0.2, 0) is 31.9 Å². The molecule has 0 N–H and O–H groups in total. The van der Waals surface area contributed by atoms with Crippen molar-refractivity contribution in [1.29, 1.82) is 0 Å². The van der Waals surface area contributed by atoms with Crippen LogP contribution in [0.4, 0.5) is 39.5 Å². The van der Waals surface area contributed by atoms with Gasteiger partial charge in [0.05, 0.1) is 34.5 Å². The van der Waals surface area contributed by atoms with Crippen LogP contribution in [0.3, 0.4) is 0 Å². The monoisotopic (exact) mass is 770 g/mol. The van der Waals surface area contributed by atoms with E-state index in [9.17, 15) is 32.3 Å². The van der Waals surface area contributed by atoms with Gasteiger partial charge < -0.3 is 24.3 Å². The molecule has 54 heavy (non-hydrogen) atoms. The summed E-state index contributed by atoms with van der Waals surface area (Å²) in [5.74, 6) is -2.58. The van der Waals surface area contributed by atoms with Crippen LogP contribution in [0.15, 0.2) is 73.3 Å². The molecule has 286 valence electrons. The molecule has 3 aliphatic heterocycles. The molecular weight excluding hydrogens is 732 g/mol. The van der Waals surface area contributed by atoms with Gasteiger partial charge in [-0.15, -0.1) is 0 Å². The third-order valence-electron chi connectivity index (χ3n) is 10.1. The quantitative estimate of drug-likeness (QED) is 0.204. The first kappa shape index (κ1) is 38.5. The zero-order valence-electron chi connectivity index (χ0n) is 29.6. The minimum absolute atomic E-state index is 0.0200. The summed E-state index contributed by atoms with van der Waals surface area (Å²) in [6.45, 7) is 4.69. The number of benzene rings is 2. The molecule has 0 saturated carbocycles. The lowest BCUT2D eigenvalue weighted by molar-refractivity contribution is -0.137. The summed E-state index contributed by atoms with van der Waals surface area (Å²) in [7, 11) is 1.49. The smallest absolute Gasteiger partial charge is 0.416 e. The van der Waals surface area contributed by atoms with Crippen molar-refractivity contribution in [3.05, 3.63) is 95.2 Å². The first-order valence-electron chi connectivity index (χ1n) is 17.4. The van der Waals surface area contributed by atoms with Gasteiger partial charge >= 0.3 is 12.3 Å². The van der Waals surface area contributed by atoms with Gasteiger partial charge in [-0.2, -0.15) is 13.2 Å². The molecule has 0 unspecified atom stereocenters. The normalized spacial score (nSPS) is 21.6. The number of amides is 4. The van der Waals surface area contributed by atoms with Gasteiger partial charge in [0.1, 0.15) is 24.6 Å². The van der Waals surface area contributed by atoms with E-state index in [0.29, 0.717) is 11.4 Å². The fourth-order valence-corrected chi connectivity index (χ4v) is 7.75. The SMILES string of the molecule is C=CC(=O)N1CC[C@H](N(CCN2C[C@H]3CC(=O)N(c4cc(C(F)(F)F)cc(C)n4)[C@@H]3C(=O)N(C)c3cccc(Cl)c32)C(=O)OCc2ccccc2)[C@H](F)C1. The Morgan fingerprint density at radius 1 is 1.09 bits per heavy atom. The topological polar surface area (TPSA) is 107 Å². The number of hydrogen-bond acceptors (Lipinski definition) is 7. The number of carbonyl (C=O) groups excluding carboxylic acids is 4. The van der Waals surface area contributed by atoms with Crippen LogP contribution in [-0.4, -0.2) is 96.6 Å². The summed E-state index contributed by atoms with van der Waals surface area (Å²) in [4.78, 5) is 65.0. The van der Waals surface area contributed by atoms with Crippen LogP contribution < -0.4 is 14.7 Å². The molecule has 0 aliphatic carbocycles. The maximum atomic E-state index is 15.9. The Morgan fingerprint density at radius 3 is 2.52 bits per heavy atom. The van der Waals surface area contributed by atoms with Crippen molar-refractivity contribution in [3.63, 3.8) is 0 Å². The summed E-state index contributed by atoms with van der Waals surface area (Å²) in [5.41, 5.74) is 0.519. The molecule has 4 amide bonds. The number of alkyl halides is 4. The number of aromatic nitrogens is 1. The van der Waals surface area contributed by atoms with E-state index in [0.717, 1.165) is 28.7 Å². The Bertz CT molecular complexity index is 1930. The van der Waals surface area contributed by atoms with Gasteiger partial charge in [-0.25, -0.2) is 14.2 Å². The highest BCUT2D eigenvalue weighted by Gasteiger charge is 2.50. The van der Waals surface area contributed by atoms with E-state index < -0.39 is 59.7 Å². The van der Waals surface area contributed by atoms with E-state index in [1.807, 2.05) is 6.07 Å². The molecule has 6 rings (SSSR count). The Labute approximate surface area is 314 Å².